The summed E-state index contributed by atoms with van der Waals surface area (Å²) in [5.41, 5.74) is 2.12. The molecular weight excluding hydrogens is 547 g/mol. The van der Waals surface area contributed by atoms with Crippen LogP contribution < -0.4 is 21.3 Å². The van der Waals surface area contributed by atoms with E-state index in [0.29, 0.717) is 23.0 Å². The van der Waals surface area contributed by atoms with Crippen molar-refractivity contribution in [2.75, 3.05) is 23.3 Å². The second kappa shape index (κ2) is 9.47. The molecule has 0 aliphatic carbocycles. The summed E-state index contributed by atoms with van der Waals surface area (Å²) in [5.74, 6) is -2.20. The van der Waals surface area contributed by atoms with Gasteiger partial charge in [0.25, 0.3) is 5.91 Å². The van der Waals surface area contributed by atoms with E-state index in [4.69, 9.17) is 17.3 Å². The van der Waals surface area contributed by atoms with Gasteiger partial charge in [-0.1, -0.05) is 11.6 Å². The highest BCUT2D eigenvalue weighted by molar-refractivity contribution is 6.31. The molecule has 0 saturated heterocycles. The number of aliphatic hydroxyl groups is 1. The number of fused-ring (bicyclic) bond motifs is 2. The number of hydrogen-bond acceptors (Lipinski definition) is 4. The Labute approximate surface area is 223 Å². The first-order valence-corrected chi connectivity index (χ1v) is 12.0. The van der Waals surface area contributed by atoms with Gasteiger partial charge in [-0.3, -0.25) is 9.69 Å². The first-order chi connectivity index (χ1) is 18.3. The third kappa shape index (κ3) is 4.48. The number of rotatable bonds is 4. The number of anilines is 2. The zero-order valence-electron chi connectivity index (χ0n) is 19.9. The number of carbonyl (C=O) groups excluding carboxylic acids is 2. The van der Waals surface area contributed by atoms with Gasteiger partial charge in [0.2, 0.25) is 5.60 Å². The van der Waals surface area contributed by atoms with Gasteiger partial charge in [-0.15, -0.1) is 0 Å². The number of β-amino-alcohol motifs (C(OH)–C–C–N with tert-alkyl or cyclic N) is 1. The summed E-state index contributed by atoms with van der Waals surface area (Å²) in [5, 5.41) is 15.9. The average molecular weight is 567 g/mol. The summed E-state index contributed by atoms with van der Waals surface area (Å²) in [7, 11) is 0. The molecule has 0 fully saturated rings. The van der Waals surface area contributed by atoms with Crippen LogP contribution in [0.4, 0.5) is 38.1 Å². The standard InChI is InChI=1S/C26H20ClF5N4O3/c27-18-3-1-13(28)9-15(18)22-21-16(23(37)35-22)7-12(5-6-33)8-19(21)34-24(38)36-11-25(39,26(30,31)32)17-10-14(29)2-4-20(17)36/h1-4,7-10,22,39H,5-6,11,33H2,(H,34,38)(H,35,37)/t22-,25-/m1/s1. The third-order valence-electron chi connectivity index (χ3n) is 6.79. The van der Waals surface area contributed by atoms with E-state index in [0.717, 1.165) is 24.3 Å². The molecule has 3 aromatic carbocycles. The fourth-order valence-electron chi connectivity index (χ4n) is 4.96. The number of carbonyl (C=O) groups is 2. The van der Waals surface area contributed by atoms with Gasteiger partial charge < -0.3 is 21.5 Å². The van der Waals surface area contributed by atoms with Gasteiger partial charge in [-0.2, -0.15) is 13.2 Å². The van der Waals surface area contributed by atoms with Crippen LogP contribution in [0.1, 0.15) is 38.7 Å². The highest BCUT2D eigenvalue weighted by Crippen LogP contribution is 2.49. The van der Waals surface area contributed by atoms with E-state index in [1.807, 2.05) is 0 Å². The summed E-state index contributed by atoms with van der Waals surface area (Å²) in [6, 6.07) is 6.88. The molecule has 0 aromatic heterocycles. The number of nitrogens with one attached hydrogen (secondary N) is 2. The molecule has 204 valence electrons. The lowest BCUT2D eigenvalue weighted by Crippen LogP contribution is -2.48. The van der Waals surface area contributed by atoms with Crippen molar-refractivity contribution in [1.82, 2.24) is 5.32 Å². The maximum Gasteiger partial charge on any atom is 0.423 e. The molecule has 2 aliphatic rings. The molecule has 3 amide bonds. The highest BCUT2D eigenvalue weighted by atomic mass is 35.5. The second-order valence-electron chi connectivity index (χ2n) is 9.25. The molecule has 0 radical (unpaired) electrons. The fraction of sp³-hybridized carbons (Fsp3) is 0.231. The summed E-state index contributed by atoms with van der Waals surface area (Å²) in [6.45, 7) is -1.04. The van der Waals surface area contributed by atoms with Crippen LogP contribution in [0.15, 0.2) is 48.5 Å². The van der Waals surface area contributed by atoms with E-state index in [-0.39, 0.29) is 39.6 Å². The lowest BCUT2D eigenvalue weighted by atomic mass is 9.94. The fourth-order valence-corrected chi connectivity index (χ4v) is 5.18. The van der Waals surface area contributed by atoms with Crippen molar-refractivity contribution in [2.24, 2.45) is 5.73 Å². The maximum atomic E-state index is 14.1. The van der Waals surface area contributed by atoms with Gasteiger partial charge >= 0.3 is 12.2 Å². The minimum atomic E-state index is -5.22. The van der Waals surface area contributed by atoms with Crippen LogP contribution >= 0.6 is 11.6 Å². The van der Waals surface area contributed by atoms with E-state index in [2.05, 4.69) is 10.6 Å². The molecule has 5 N–H and O–H groups in total. The van der Waals surface area contributed by atoms with Crippen LogP contribution in [-0.4, -0.2) is 36.3 Å². The molecule has 7 nitrogen and oxygen atoms in total. The number of nitrogens with two attached hydrogens (primary N) is 1. The smallest absolute Gasteiger partial charge is 0.375 e. The highest BCUT2D eigenvalue weighted by Gasteiger charge is 2.61. The number of hydrogen-bond donors (Lipinski definition) is 4. The summed E-state index contributed by atoms with van der Waals surface area (Å²) in [6.07, 6.45) is -4.92. The Balaban J connectivity index is 1.59. The lowest BCUT2D eigenvalue weighted by Gasteiger charge is -2.27. The van der Waals surface area contributed by atoms with Crippen molar-refractivity contribution < 1.29 is 36.6 Å². The van der Waals surface area contributed by atoms with Crippen LogP contribution in [0.25, 0.3) is 0 Å². The monoisotopic (exact) mass is 566 g/mol. The van der Waals surface area contributed by atoms with E-state index < -0.39 is 53.5 Å². The van der Waals surface area contributed by atoms with Gasteiger partial charge in [-0.05, 0) is 67.1 Å². The molecule has 2 aliphatic heterocycles. The summed E-state index contributed by atoms with van der Waals surface area (Å²) >= 11 is 6.28. The van der Waals surface area contributed by atoms with Gasteiger partial charge in [0.1, 0.15) is 11.6 Å². The molecule has 13 heteroatoms. The van der Waals surface area contributed by atoms with Gasteiger partial charge in [0, 0.05) is 33.0 Å². The number of alkyl halides is 3. The van der Waals surface area contributed by atoms with Crippen LogP contribution in [0.3, 0.4) is 0 Å². The quantitative estimate of drug-likeness (QED) is 0.342. The van der Waals surface area contributed by atoms with Gasteiger partial charge in [-0.25, -0.2) is 13.6 Å². The van der Waals surface area contributed by atoms with E-state index in [1.54, 1.807) is 6.07 Å². The first kappa shape index (κ1) is 26.9. The van der Waals surface area contributed by atoms with Crippen molar-refractivity contribution >= 4 is 34.9 Å². The molecule has 0 spiro atoms. The number of urea groups is 1. The zero-order valence-corrected chi connectivity index (χ0v) is 20.6. The Bertz CT molecular complexity index is 1520. The third-order valence-corrected chi connectivity index (χ3v) is 7.13. The molecule has 2 atom stereocenters. The Kier molecular flexibility index (Phi) is 6.52. The first-order valence-electron chi connectivity index (χ1n) is 11.6. The zero-order chi connectivity index (χ0) is 28.3. The molecule has 3 aromatic rings. The molecule has 0 saturated carbocycles. The maximum absolute atomic E-state index is 14.1. The largest absolute Gasteiger partial charge is 0.423 e. The Hall–Kier alpha value is -3.74. The predicted molar refractivity (Wildman–Crippen MR) is 133 cm³/mol. The number of halogens is 6. The van der Waals surface area contributed by atoms with Crippen molar-refractivity contribution in [2.45, 2.75) is 24.2 Å². The van der Waals surface area contributed by atoms with E-state index >= 15 is 0 Å². The molecular formula is C26H20ClF5N4O3. The molecule has 5 rings (SSSR count). The molecule has 0 unspecified atom stereocenters. The SMILES string of the molecule is NCCc1cc(NC(=O)N2C[C@](O)(C(F)(F)F)c3cc(F)ccc32)c2c(c1)C(=O)N[C@@H]2c1cc(F)ccc1Cl. The minimum absolute atomic E-state index is 0.0377. The second-order valence-corrected chi connectivity index (χ2v) is 9.66. The van der Waals surface area contributed by atoms with Gasteiger partial charge in [0.15, 0.2) is 0 Å². The van der Waals surface area contributed by atoms with Crippen molar-refractivity contribution in [3.63, 3.8) is 0 Å². The summed E-state index contributed by atoms with van der Waals surface area (Å²) in [4.78, 5) is 26.9. The Morgan fingerprint density at radius 2 is 1.85 bits per heavy atom. The lowest BCUT2D eigenvalue weighted by molar-refractivity contribution is -0.258. The predicted octanol–water partition coefficient (Wildman–Crippen LogP) is 4.75. The van der Waals surface area contributed by atoms with Crippen LogP contribution in [0.2, 0.25) is 5.02 Å². The Morgan fingerprint density at radius 1 is 1.15 bits per heavy atom. The van der Waals surface area contributed by atoms with Crippen molar-refractivity contribution in [3.8, 4) is 0 Å². The topological polar surface area (TPSA) is 108 Å². The normalized spacial score (nSPS) is 20.1. The summed E-state index contributed by atoms with van der Waals surface area (Å²) < 4.78 is 69.5. The van der Waals surface area contributed by atoms with Gasteiger partial charge in [0.05, 0.1) is 18.3 Å². The number of nitrogens with zero attached hydrogens (tertiary/aromatic N) is 1. The minimum Gasteiger partial charge on any atom is -0.375 e. The number of amides is 3. The average Bonchev–Trinajstić information content (AvgIpc) is 3.36. The molecule has 0 bridgehead atoms. The van der Waals surface area contributed by atoms with E-state index in [1.165, 1.54) is 12.1 Å². The van der Waals surface area contributed by atoms with Crippen LogP contribution in [0, 0.1) is 11.6 Å². The molecule has 39 heavy (non-hydrogen) atoms. The van der Waals surface area contributed by atoms with Crippen molar-refractivity contribution in [1.29, 1.82) is 0 Å². The van der Waals surface area contributed by atoms with Crippen LogP contribution in [0.5, 0.6) is 0 Å². The van der Waals surface area contributed by atoms with Crippen molar-refractivity contribution in [3.05, 3.63) is 93.0 Å². The number of benzene rings is 3. The van der Waals surface area contributed by atoms with E-state index in [9.17, 15) is 36.6 Å². The Morgan fingerprint density at radius 3 is 2.54 bits per heavy atom. The van der Waals surface area contributed by atoms with Crippen LogP contribution in [-0.2, 0) is 12.0 Å². The molecule has 2 heterocycles.